The molecule has 2 fully saturated rings. The van der Waals surface area contributed by atoms with Crippen LogP contribution in [0.1, 0.15) is 30.7 Å². The number of hydrogen-bond acceptors (Lipinski definition) is 6. The van der Waals surface area contributed by atoms with Gasteiger partial charge in [-0.3, -0.25) is 9.88 Å². The van der Waals surface area contributed by atoms with Gasteiger partial charge in [0.05, 0.1) is 28.6 Å². The maximum Gasteiger partial charge on any atom is 0.180 e. The highest BCUT2D eigenvalue weighted by molar-refractivity contribution is 5.83. The van der Waals surface area contributed by atoms with Gasteiger partial charge in [-0.15, -0.1) is 0 Å². The number of hydrogen-bond donors (Lipinski definition) is 0. The van der Waals surface area contributed by atoms with Crippen molar-refractivity contribution in [1.82, 2.24) is 29.5 Å². The maximum absolute atomic E-state index is 4.81. The molecule has 6 rings (SSSR count). The number of rotatable bonds is 2. The smallest absolute Gasteiger partial charge is 0.180 e. The lowest BCUT2D eigenvalue weighted by molar-refractivity contribution is 0.133. The molecule has 1 unspecified atom stereocenters. The minimum atomic E-state index is 0.650. The van der Waals surface area contributed by atoms with Crippen molar-refractivity contribution in [3.63, 3.8) is 0 Å². The highest BCUT2D eigenvalue weighted by Crippen LogP contribution is 2.28. The van der Waals surface area contributed by atoms with Crippen LogP contribution >= 0.6 is 0 Å². The Hall–Kier alpha value is -3.06. The number of piperazine rings is 1. The number of benzene rings is 1. The summed E-state index contributed by atoms with van der Waals surface area (Å²) in [6.45, 7) is 8.63. The van der Waals surface area contributed by atoms with Crippen molar-refractivity contribution in [1.29, 1.82) is 0 Å². The molecule has 2 aliphatic heterocycles. The zero-order chi connectivity index (χ0) is 20.9. The van der Waals surface area contributed by atoms with Gasteiger partial charge in [0.1, 0.15) is 5.69 Å². The first kappa shape index (κ1) is 18.7. The van der Waals surface area contributed by atoms with E-state index in [1.54, 1.807) is 0 Å². The van der Waals surface area contributed by atoms with Gasteiger partial charge in [0.15, 0.2) is 5.82 Å². The van der Waals surface area contributed by atoms with Gasteiger partial charge in [-0.1, -0.05) is 6.42 Å². The third-order valence-corrected chi connectivity index (χ3v) is 6.75. The van der Waals surface area contributed by atoms with Crippen molar-refractivity contribution in [2.75, 3.05) is 31.1 Å². The summed E-state index contributed by atoms with van der Waals surface area (Å²) in [7, 11) is 0. The summed E-state index contributed by atoms with van der Waals surface area (Å²) in [6, 6.07) is 9.28. The molecule has 3 aromatic heterocycles. The fourth-order valence-corrected chi connectivity index (χ4v) is 5.13. The molecule has 1 atom stereocenters. The van der Waals surface area contributed by atoms with Gasteiger partial charge in [0.2, 0.25) is 0 Å². The number of fused-ring (bicyclic) bond motifs is 3. The maximum atomic E-state index is 4.81. The van der Waals surface area contributed by atoms with Gasteiger partial charge >= 0.3 is 0 Å². The fraction of sp³-hybridized carbons (Fsp3) is 0.417. The molecular weight excluding hydrogens is 386 g/mol. The number of nitrogens with zero attached hydrogens (tertiary/aromatic N) is 7. The Morgan fingerprint density at radius 2 is 1.94 bits per heavy atom. The number of aromatic nitrogens is 5. The van der Waals surface area contributed by atoms with Crippen LogP contribution in [0.15, 0.2) is 36.7 Å². The minimum Gasteiger partial charge on any atom is -0.369 e. The molecule has 0 spiro atoms. The third kappa shape index (κ3) is 3.33. The minimum absolute atomic E-state index is 0.650. The first-order valence-electron chi connectivity index (χ1n) is 11.2. The van der Waals surface area contributed by atoms with E-state index < -0.39 is 0 Å². The summed E-state index contributed by atoms with van der Waals surface area (Å²) in [4.78, 5) is 19.2. The van der Waals surface area contributed by atoms with Gasteiger partial charge in [0, 0.05) is 42.9 Å². The molecule has 2 aliphatic rings. The van der Waals surface area contributed by atoms with Crippen LogP contribution < -0.4 is 4.90 Å². The van der Waals surface area contributed by atoms with Crippen molar-refractivity contribution in [3.05, 3.63) is 48.0 Å². The molecule has 0 N–H and O–H groups in total. The van der Waals surface area contributed by atoms with Crippen LogP contribution in [-0.4, -0.2) is 61.7 Å². The monoisotopic (exact) mass is 413 g/mol. The van der Waals surface area contributed by atoms with Crippen molar-refractivity contribution in [2.24, 2.45) is 0 Å². The lowest BCUT2D eigenvalue weighted by atomic mass is 9.99. The molecule has 1 aromatic carbocycles. The second kappa shape index (κ2) is 7.27. The fourth-order valence-electron chi connectivity index (χ4n) is 5.13. The van der Waals surface area contributed by atoms with E-state index in [9.17, 15) is 0 Å². The zero-order valence-electron chi connectivity index (χ0n) is 18.1. The van der Waals surface area contributed by atoms with Crippen LogP contribution in [0.3, 0.4) is 0 Å². The molecule has 7 heteroatoms. The average Bonchev–Trinajstić information content (AvgIpc) is 3.22. The van der Waals surface area contributed by atoms with E-state index in [1.165, 1.54) is 38.0 Å². The van der Waals surface area contributed by atoms with Crippen LogP contribution in [0.25, 0.3) is 27.9 Å². The van der Waals surface area contributed by atoms with Crippen molar-refractivity contribution in [2.45, 2.75) is 39.2 Å². The lowest BCUT2D eigenvalue weighted by Gasteiger charge is -2.45. The van der Waals surface area contributed by atoms with Crippen LogP contribution in [0.5, 0.6) is 0 Å². The molecule has 0 amide bonds. The predicted molar refractivity (Wildman–Crippen MR) is 122 cm³/mol. The topological polar surface area (TPSA) is 62.5 Å². The predicted octanol–water partition coefficient (Wildman–Crippen LogP) is 3.63. The highest BCUT2D eigenvalue weighted by atomic mass is 15.3. The number of aryl methyl sites for hydroxylation is 2. The molecule has 158 valence electrons. The van der Waals surface area contributed by atoms with Crippen LogP contribution in [0, 0.1) is 13.8 Å². The van der Waals surface area contributed by atoms with Crippen molar-refractivity contribution >= 4 is 22.1 Å². The van der Waals surface area contributed by atoms with Crippen LogP contribution in [0.4, 0.5) is 5.69 Å². The van der Waals surface area contributed by atoms with Crippen LogP contribution in [0.2, 0.25) is 0 Å². The number of piperidine rings is 1. The van der Waals surface area contributed by atoms with Gasteiger partial charge in [-0.05, 0) is 57.5 Å². The van der Waals surface area contributed by atoms with E-state index in [1.807, 2.05) is 36.8 Å². The largest absolute Gasteiger partial charge is 0.369 e. The lowest BCUT2D eigenvalue weighted by Crippen LogP contribution is -2.54. The molecule has 5 heterocycles. The summed E-state index contributed by atoms with van der Waals surface area (Å²) in [5, 5.41) is 5.75. The average molecular weight is 414 g/mol. The first-order chi connectivity index (χ1) is 15.1. The van der Waals surface area contributed by atoms with Gasteiger partial charge in [0.25, 0.3) is 0 Å². The van der Waals surface area contributed by atoms with Crippen molar-refractivity contribution < 1.29 is 0 Å². The van der Waals surface area contributed by atoms with E-state index in [0.29, 0.717) is 11.9 Å². The second-order valence-electron chi connectivity index (χ2n) is 8.90. The Kier molecular flexibility index (Phi) is 4.38. The molecule has 31 heavy (non-hydrogen) atoms. The first-order valence-corrected chi connectivity index (χ1v) is 11.2. The summed E-state index contributed by atoms with van der Waals surface area (Å²) < 4.78 is 1.87. The highest BCUT2D eigenvalue weighted by Gasteiger charge is 2.29. The molecular formula is C24H27N7. The summed E-state index contributed by atoms with van der Waals surface area (Å²) >= 11 is 0. The third-order valence-electron chi connectivity index (χ3n) is 6.75. The summed E-state index contributed by atoms with van der Waals surface area (Å²) in [5.41, 5.74) is 5.89. The Morgan fingerprint density at radius 3 is 2.87 bits per heavy atom. The number of anilines is 1. The standard InChI is InChI=1S/C24H27N7/c1-16-14-31-23(17(2)26-16)12-22(28-31)24-25-13-18-11-19(6-7-21(18)27-24)30-10-9-29-8-4-3-5-20(29)15-30/h6-7,11-14,20H,3-5,8-10,15H2,1-2H3. The van der Waals surface area contributed by atoms with Crippen molar-refractivity contribution in [3.8, 4) is 11.5 Å². The Morgan fingerprint density at radius 1 is 1.00 bits per heavy atom. The van der Waals surface area contributed by atoms with Gasteiger partial charge < -0.3 is 4.90 Å². The van der Waals surface area contributed by atoms with Crippen LogP contribution in [-0.2, 0) is 0 Å². The molecule has 0 bridgehead atoms. The molecule has 7 nitrogen and oxygen atoms in total. The second-order valence-corrected chi connectivity index (χ2v) is 8.90. The quantitative estimate of drug-likeness (QED) is 0.500. The van der Waals surface area contributed by atoms with E-state index >= 15 is 0 Å². The summed E-state index contributed by atoms with van der Waals surface area (Å²) in [5.74, 6) is 0.650. The molecule has 0 aliphatic carbocycles. The molecule has 0 saturated carbocycles. The molecule has 0 radical (unpaired) electrons. The Labute approximate surface area is 181 Å². The van der Waals surface area contributed by atoms with E-state index in [0.717, 1.165) is 46.6 Å². The van der Waals surface area contributed by atoms with Gasteiger partial charge in [-0.2, -0.15) is 5.10 Å². The van der Waals surface area contributed by atoms with E-state index in [2.05, 4.69) is 43.1 Å². The zero-order valence-corrected chi connectivity index (χ0v) is 18.1. The SMILES string of the molecule is Cc1cn2nc(-c3ncc4cc(N5CCN6CCCCC6C5)ccc4n3)cc2c(C)n1. The normalized spacial score (nSPS) is 19.8. The molecule has 2 saturated heterocycles. The van der Waals surface area contributed by atoms with E-state index in [-0.39, 0.29) is 0 Å². The van der Waals surface area contributed by atoms with Gasteiger partial charge in [-0.25, -0.2) is 14.5 Å². The Balaban J connectivity index is 1.30. The molecule has 4 aromatic rings. The Bertz CT molecular complexity index is 1280. The van der Waals surface area contributed by atoms with E-state index in [4.69, 9.17) is 4.98 Å². The summed E-state index contributed by atoms with van der Waals surface area (Å²) in [6.07, 6.45) is 7.91.